The molecule has 0 bridgehead atoms. The average molecular weight is 464 g/mol. The number of hydrogen-bond donors (Lipinski definition) is 1. The molecule has 0 heterocycles. The second-order valence-electron chi connectivity index (χ2n) is 7.78. The van der Waals surface area contributed by atoms with Gasteiger partial charge in [0.1, 0.15) is 0 Å². The fourth-order valence-corrected chi connectivity index (χ4v) is 10.3. The van der Waals surface area contributed by atoms with E-state index < -0.39 is 19.8 Å². The molecule has 0 aromatic heterocycles. The molecule has 2 heteroatoms. The summed E-state index contributed by atoms with van der Waals surface area (Å²) in [5.74, 6) is 0.275. The van der Waals surface area contributed by atoms with Gasteiger partial charge >= 0.3 is 121 Å². The zero-order valence-electron chi connectivity index (χ0n) is 16.5. The van der Waals surface area contributed by atoms with E-state index in [0.717, 1.165) is 0 Å². The van der Waals surface area contributed by atoms with Crippen molar-refractivity contribution in [3.05, 3.63) is 103 Å². The molecule has 0 saturated carbocycles. The van der Waals surface area contributed by atoms with Crippen molar-refractivity contribution < 1.29 is 5.11 Å². The van der Waals surface area contributed by atoms with Crippen molar-refractivity contribution in [1.29, 1.82) is 0 Å². The maximum absolute atomic E-state index is 8.69. The number of benzene rings is 3. The van der Waals surface area contributed by atoms with Crippen LogP contribution in [0.2, 0.25) is 0 Å². The van der Waals surface area contributed by atoms with Crippen LogP contribution in [0.4, 0.5) is 0 Å². The van der Waals surface area contributed by atoms with Gasteiger partial charge in [-0.1, -0.05) is 27.4 Å². The molecule has 27 heavy (non-hydrogen) atoms. The minimum absolute atomic E-state index is 0.172. The summed E-state index contributed by atoms with van der Waals surface area (Å²) in [6.07, 6.45) is 0.687. The summed E-state index contributed by atoms with van der Waals surface area (Å²) >= 11 is -1.98. The van der Waals surface area contributed by atoms with Crippen LogP contribution in [0.25, 0.3) is 0 Å². The zero-order chi connectivity index (χ0) is 19.7. The predicted molar refractivity (Wildman–Crippen MR) is 120 cm³/mol. The first kappa shape index (κ1) is 21.3. The molecular weight excluding hydrogens is 435 g/mol. The van der Waals surface area contributed by atoms with Gasteiger partial charge in [0.25, 0.3) is 0 Å². The Morgan fingerprint density at radius 3 is 1.19 bits per heavy atom. The number of aliphatic hydroxyl groups is 1. The summed E-state index contributed by atoms with van der Waals surface area (Å²) in [7, 11) is 0. The van der Waals surface area contributed by atoms with Crippen LogP contribution in [0.1, 0.15) is 27.2 Å². The number of hydrogen-bond acceptors (Lipinski definition) is 1. The second kappa shape index (κ2) is 10.4. The molecule has 0 amide bonds. The van der Waals surface area contributed by atoms with Gasteiger partial charge in [0.05, 0.1) is 5.76 Å². The van der Waals surface area contributed by atoms with Crippen molar-refractivity contribution >= 4 is 30.5 Å². The standard InChI is InChI=1S/C7H14O.3C6H5.Sn/c1-6(8)5-7(2,3)4;3*1-2-4-6-5-3-1;/h8H,1,5H2,2-4H3;3*1-5H;. The van der Waals surface area contributed by atoms with Crippen LogP contribution in [0, 0.1) is 5.41 Å². The minimum atomic E-state index is -1.98. The molecule has 3 aromatic carbocycles. The van der Waals surface area contributed by atoms with Crippen molar-refractivity contribution in [2.24, 2.45) is 5.41 Å². The summed E-state index contributed by atoms with van der Waals surface area (Å²) in [6, 6.07) is 32.9. The number of allylic oxidation sites excluding steroid dienone is 1. The first-order valence-corrected chi connectivity index (χ1v) is 13.5. The van der Waals surface area contributed by atoms with Gasteiger partial charge in [-0.15, -0.1) is 0 Å². The first-order valence-electron chi connectivity index (χ1n) is 9.27. The Morgan fingerprint density at radius 1 is 0.704 bits per heavy atom. The van der Waals surface area contributed by atoms with Gasteiger partial charge in [0.2, 0.25) is 0 Å². The zero-order valence-corrected chi connectivity index (χ0v) is 19.4. The molecule has 0 saturated heterocycles. The third-order valence-corrected chi connectivity index (χ3v) is 11.7. The van der Waals surface area contributed by atoms with Crippen molar-refractivity contribution in [2.45, 2.75) is 27.2 Å². The van der Waals surface area contributed by atoms with E-state index in [-0.39, 0.29) is 11.2 Å². The topological polar surface area (TPSA) is 20.2 Å². The van der Waals surface area contributed by atoms with Crippen molar-refractivity contribution in [1.82, 2.24) is 0 Å². The summed E-state index contributed by atoms with van der Waals surface area (Å²) in [5.41, 5.74) is 0.172. The van der Waals surface area contributed by atoms with Crippen molar-refractivity contribution in [3.8, 4) is 0 Å². The first-order chi connectivity index (χ1) is 12.9. The fraction of sp³-hybridized carbons (Fsp3) is 0.200. The summed E-state index contributed by atoms with van der Waals surface area (Å²) in [6.45, 7) is 9.59. The van der Waals surface area contributed by atoms with E-state index in [2.05, 4.69) is 118 Å². The van der Waals surface area contributed by atoms with Gasteiger partial charge in [-0.25, -0.2) is 0 Å². The second-order valence-corrected chi connectivity index (χ2v) is 14.9. The van der Waals surface area contributed by atoms with E-state index in [1.165, 1.54) is 10.7 Å². The molecule has 0 unspecified atom stereocenters. The van der Waals surface area contributed by atoms with Gasteiger partial charge in [-0.05, 0) is 5.41 Å². The van der Waals surface area contributed by atoms with Gasteiger partial charge in [-0.2, -0.15) is 0 Å². The van der Waals surface area contributed by atoms with Crippen LogP contribution in [-0.4, -0.2) is 24.9 Å². The molecule has 0 atom stereocenters. The molecule has 0 fully saturated rings. The monoisotopic (exact) mass is 465 g/mol. The molecule has 1 radical (unpaired) electrons. The molecule has 3 aromatic rings. The van der Waals surface area contributed by atoms with Crippen molar-refractivity contribution in [2.75, 3.05) is 0 Å². The molecule has 0 spiro atoms. The number of rotatable bonds is 4. The van der Waals surface area contributed by atoms with Crippen LogP contribution in [0.5, 0.6) is 0 Å². The third-order valence-electron chi connectivity index (χ3n) is 3.92. The van der Waals surface area contributed by atoms with Crippen LogP contribution >= 0.6 is 0 Å². The van der Waals surface area contributed by atoms with Crippen LogP contribution in [0.15, 0.2) is 103 Å². The Balaban J connectivity index is 0.000000279. The molecule has 1 nitrogen and oxygen atoms in total. The molecule has 0 aliphatic carbocycles. The molecule has 3 rings (SSSR count). The Bertz CT molecular complexity index is 711. The van der Waals surface area contributed by atoms with E-state index in [9.17, 15) is 0 Å². The number of aliphatic hydroxyl groups excluding tert-OH is 1. The van der Waals surface area contributed by atoms with E-state index in [4.69, 9.17) is 5.11 Å². The SMILES string of the molecule is C=C(O)CC(C)(C)C.c1cc[c]([Sn]([c]2ccccc2)[c]2ccccc2)cc1. The van der Waals surface area contributed by atoms with E-state index in [1.807, 2.05) is 0 Å². The van der Waals surface area contributed by atoms with Crippen molar-refractivity contribution in [3.63, 3.8) is 0 Å². The van der Waals surface area contributed by atoms with Gasteiger partial charge in [0, 0.05) is 6.42 Å². The Hall–Kier alpha value is -2.00. The fourth-order valence-electron chi connectivity index (χ4n) is 2.93. The van der Waals surface area contributed by atoms with E-state index >= 15 is 0 Å². The Morgan fingerprint density at radius 2 is 1.00 bits per heavy atom. The Labute approximate surface area is 171 Å². The predicted octanol–water partition coefficient (Wildman–Crippen LogP) is 4.70. The maximum atomic E-state index is 8.69. The average Bonchev–Trinajstić information content (AvgIpc) is 2.63. The molecule has 139 valence electrons. The summed E-state index contributed by atoms with van der Waals surface area (Å²) < 4.78 is 4.59. The third kappa shape index (κ3) is 7.64. The molecule has 0 aliphatic heterocycles. The summed E-state index contributed by atoms with van der Waals surface area (Å²) in [5, 5.41) is 8.69. The van der Waals surface area contributed by atoms with Crippen LogP contribution in [-0.2, 0) is 0 Å². The van der Waals surface area contributed by atoms with E-state index in [1.54, 1.807) is 0 Å². The molecule has 0 aliphatic rings. The normalized spacial score (nSPS) is 10.8. The summed E-state index contributed by atoms with van der Waals surface area (Å²) in [4.78, 5) is 0. The molecule has 1 N–H and O–H groups in total. The quantitative estimate of drug-likeness (QED) is 0.439. The van der Waals surface area contributed by atoms with Crippen LogP contribution in [0.3, 0.4) is 0 Å². The molecular formula is C25H29OSn. The van der Waals surface area contributed by atoms with Gasteiger partial charge in [0.15, 0.2) is 0 Å². The van der Waals surface area contributed by atoms with Gasteiger partial charge < -0.3 is 5.11 Å². The van der Waals surface area contributed by atoms with Gasteiger partial charge in [-0.3, -0.25) is 0 Å². The van der Waals surface area contributed by atoms with E-state index in [0.29, 0.717) is 6.42 Å². The Kier molecular flexibility index (Phi) is 8.18. The van der Waals surface area contributed by atoms with Crippen LogP contribution < -0.4 is 10.7 Å².